The van der Waals surface area contributed by atoms with Gasteiger partial charge in [0, 0.05) is 26.2 Å². The molecule has 1 N–H and O–H groups in total. The summed E-state index contributed by atoms with van der Waals surface area (Å²) in [5.41, 5.74) is 0.234. The molecule has 1 atom stereocenters. The average molecular weight is 388 g/mol. The van der Waals surface area contributed by atoms with Gasteiger partial charge in [-0.15, -0.1) is 0 Å². The van der Waals surface area contributed by atoms with Crippen molar-refractivity contribution in [3.05, 3.63) is 11.5 Å². The zero-order valence-corrected chi connectivity index (χ0v) is 16.1. The second-order valence-corrected chi connectivity index (χ2v) is 7.78. The third-order valence-corrected chi connectivity index (χ3v) is 5.96. The van der Waals surface area contributed by atoms with E-state index >= 15 is 0 Å². The van der Waals surface area contributed by atoms with Crippen LogP contribution in [0.4, 0.5) is 4.79 Å². The summed E-state index contributed by atoms with van der Waals surface area (Å²) in [5, 5.41) is 3.63. The maximum absolute atomic E-state index is 12.6. The number of methoxy groups -OCH3 is 1. The van der Waals surface area contributed by atoms with E-state index in [0.29, 0.717) is 32.6 Å². The first-order valence-corrected chi connectivity index (χ1v) is 9.72. The Morgan fingerprint density at radius 2 is 1.81 bits per heavy atom. The zero-order chi connectivity index (χ0) is 19.5. The predicted molar refractivity (Wildman–Crippen MR) is 90.9 cm³/mol. The maximum atomic E-state index is 12.6. The number of nitrogens with zero attached hydrogens (tertiary/aromatic N) is 3. The SMILES string of the molecule is COC(=O)N1CCCN(C(=O)[C@H](C)NS(=O)(=O)c2c(C)noc2C)CC1. The van der Waals surface area contributed by atoms with Crippen molar-refractivity contribution < 1.29 is 27.3 Å². The zero-order valence-electron chi connectivity index (χ0n) is 15.3. The summed E-state index contributed by atoms with van der Waals surface area (Å²) in [6.07, 6.45) is 0.149. The number of hydrogen-bond donors (Lipinski definition) is 1. The highest BCUT2D eigenvalue weighted by molar-refractivity contribution is 7.89. The molecule has 1 aliphatic rings. The van der Waals surface area contributed by atoms with Crippen molar-refractivity contribution in [2.45, 2.75) is 38.1 Å². The molecule has 0 saturated carbocycles. The highest BCUT2D eigenvalue weighted by atomic mass is 32.2. The van der Waals surface area contributed by atoms with E-state index in [1.54, 1.807) is 4.90 Å². The minimum atomic E-state index is -3.94. The number of sulfonamides is 1. The molecule has 2 heterocycles. The predicted octanol–water partition coefficient (Wildman–Crippen LogP) is 0.259. The molecule has 146 valence electrons. The van der Waals surface area contributed by atoms with E-state index in [2.05, 4.69) is 9.88 Å². The molecule has 26 heavy (non-hydrogen) atoms. The molecule has 0 unspecified atom stereocenters. The van der Waals surface area contributed by atoms with Gasteiger partial charge in [0.1, 0.15) is 10.6 Å². The molecule has 10 nitrogen and oxygen atoms in total. The summed E-state index contributed by atoms with van der Waals surface area (Å²) >= 11 is 0. The fraction of sp³-hybridized carbons (Fsp3) is 0.667. The lowest BCUT2D eigenvalue weighted by Gasteiger charge is -2.24. The molecule has 1 aromatic rings. The smallest absolute Gasteiger partial charge is 0.409 e. The Hall–Kier alpha value is -2.14. The Morgan fingerprint density at radius 3 is 2.38 bits per heavy atom. The van der Waals surface area contributed by atoms with Gasteiger partial charge in [-0.25, -0.2) is 13.2 Å². The Morgan fingerprint density at radius 1 is 1.19 bits per heavy atom. The molecule has 0 aliphatic carbocycles. The Balaban J connectivity index is 2.04. The van der Waals surface area contributed by atoms with Gasteiger partial charge in [0.2, 0.25) is 15.9 Å². The van der Waals surface area contributed by atoms with Gasteiger partial charge in [-0.1, -0.05) is 5.16 Å². The Kier molecular flexibility index (Phi) is 6.24. The van der Waals surface area contributed by atoms with Crippen LogP contribution in [0, 0.1) is 13.8 Å². The van der Waals surface area contributed by atoms with Gasteiger partial charge in [-0.05, 0) is 27.2 Å². The van der Waals surface area contributed by atoms with E-state index in [0.717, 1.165) is 0 Å². The third-order valence-electron chi connectivity index (χ3n) is 4.18. The van der Waals surface area contributed by atoms with E-state index in [4.69, 9.17) is 9.26 Å². The van der Waals surface area contributed by atoms with E-state index < -0.39 is 22.2 Å². The number of ether oxygens (including phenoxy) is 1. The van der Waals surface area contributed by atoms with Crippen molar-refractivity contribution in [2.75, 3.05) is 33.3 Å². The van der Waals surface area contributed by atoms with Crippen molar-refractivity contribution in [3.8, 4) is 0 Å². The first kappa shape index (κ1) is 20.2. The number of aryl methyl sites for hydroxylation is 2. The number of nitrogens with one attached hydrogen (secondary N) is 1. The minimum Gasteiger partial charge on any atom is -0.453 e. The van der Waals surface area contributed by atoms with Crippen molar-refractivity contribution in [1.29, 1.82) is 0 Å². The molecule has 2 amide bonds. The standard InChI is InChI=1S/C15H24N4O6S/c1-10-13(12(3)25-16-10)26(22,23)17-11(2)14(20)18-6-5-7-19(9-8-18)15(21)24-4/h11,17H,5-9H2,1-4H3/t11-/m0/s1. The Bertz CT molecular complexity index is 756. The summed E-state index contributed by atoms with van der Waals surface area (Å²) in [5.74, 6) is -0.190. The van der Waals surface area contributed by atoms with Crippen molar-refractivity contribution in [2.24, 2.45) is 0 Å². The summed E-state index contributed by atoms with van der Waals surface area (Å²) in [7, 11) is -2.63. The van der Waals surface area contributed by atoms with Crippen LogP contribution in [0.1, 0.15) is 24.8 Å². The molecule has 11 heteroatoms. The second kappa shape index (κ2) is 8.04. The summed E-state index contributed by atoms with van der Waals surface area (Å²) in [6, 6.07) is -0.960. The number of hydrogen-bond acceptors (Lipinski definition) is 7. The van der Waals surface area contributed by atoms with Crippen molar-refractivity contribution in [1.82, 2.24) is 19.7 Å². The molecule has 1 aromatic heterocycles. The molecular weight excluding hydrogens is 364 g/mol. The maximum Gasteiger partial charge on any atom is 0.409 e. The number of amides is 2. The van der Waals surface area contributed by atoms with Crippen molar-refractivity contribution >= 4 is 22.0 Å². The highest BCUT2D eigenvalue weighted by Crippen LogP contribution is 2.19. The quantitative estimate of drug-likeness (QED) is 0.785. The molecule has 0 bridgehead atoms. The molecule has 1 aliphatic heterocycles. The van der Waals surface area contributed by atoms with Gasteiger partial charge in [-0.2, -0.15) is 4.72 Å². The van der Waals surface area contributed by atoms with Crippen LogP contribution >= 0.6 is 0 Å². The summed E-state index contributed by atoms with van der Waals surface area (Å²) < 4.78 is 37.0. The average Bonchev–Trinajstić information content (AvgIpc) is 2.79. The van der Waals surface area contributed by atoms with Crippen LogP contribution in [0.5, 0.6) is 0 Å². The molecular formula is C15H24N4O6S. The lowest BCUT2D eigenvalue weighted by atomic mass is 10.3. The molecule has 0 spiro atoms. The Labute approximate surface area is 152 Å². The van der Waals surface area contributed by atoms with Gasteiger partial charge < -0.3 is 19.1 Å². The molecule has 1 saturated heterocycles. The fourth-order valence-electron chi connectivity index (χ4n) is 2.92. The van der Waals surface area contributed by atoms with Crippen LogP contribution < -0.4 is 4.72 Å². The highest BCUT2D eigenvalue weighted by Gasteiger charge is 2.31. The normalized spacial score (nSPS) is 16.9. The number of carbonyl (C=O) groups is 2. The summed E-state index contributed by atoms with van der Waals surface area (Å²) in [4.78, 5) is 27.3. The van der Waals surface area contributed by atoms with Gasteiger partial charge in [0.05, 0.1) is 13.2 Å². The molecule has 1 fully saturated rings. The molecule has 0 aromatic carbocycles. The number of carbonyl (C=O) groups excluding carboxylic acids is 2. The van der Waals surface area contributed by atoms with E-state index in [-0.39, 0.29) is 22.3 Å². The van der Waals surface area contributed by atoms with Gasteiger partial charge >= 0.3 is 6.09 Å². The van der Waals surface area contributed by atoms with Crippen molar-refractivity contribution in [3.63, 3.8) is 0 Å². The summed E-state index contributed by atoms with van der Waals surface area (Å²) in [6.45, 7) is 6.07. The number of rotatable bonds is 4. The van der Waals surface area contributed by atoms with Crippen LogP contribution in [0.3, 0.4) is 0 Å². The lowest BCUT2D eigenvalue weighted by molar-refractivity contribution is -0.132. The van der Waals surface area contributed by atoms with Crippen LogP contribution in [-0.4, -0.2) is 74.7 Å². The number of aromatic nitrogens is 1. The van der Waals surface area contributed by atoms with E-state index in [1.807, 2.05) is 0 Å². The first-order chi connectivity index (χ1) is 12.2. The van der Waals surface area contributed by atoms with E-state index in [9.17, 15) is 18.0 Å². The second-order valence-electron chi connectivity index (χ2n) is 6.13. The minimum absolute atomic E-state index is 0.0510. The third kappa shape index (κ3) is 4.33. The molecule has 2 rings (SSSR count). The van der Waals surface area contributed by atoms with Gasteiger partial charge in [0.25, 0.3) is 0 Å². The van der Waals surface area contributed by atoms with E-state index in [1.165, 1.54) is 32.8 Å². The van der Waals surface area contributed by atoms with Crippen LogP contribution in [0.15, 0.2) is 9.42 Å². The van der Waals surface area contributed by atoms with Gasteiger partial charge in [0.15, 0.2) is 5.76 Å². The van der Waals surface area contributed by atoms with Crippen LogP contribution in [0.25, 0.3) is 0 Å². The fourth-order valence-corrected chi connectivity index (χ4v) is 4.45. The lowest BCUT2D eigenvalue weighted by Crippen LogP contribution is -2.48. The largest absolute Gasteiger partial charge is 0.453 e. The first-order valence-electron chi connectivity index (χ1n) is 8.24. The van der Waals surface area contributed by atoms with Crippen LogP contribution in [-0.2, 0) is 19.6 Å². The van der Waals surface area contributed by atoms with Gasteiger partial charge in [-0.3, -0.25) is 4.79 Å². The topological polar surface area (TPSA) is 122 Å². The molecule has 0 radical (unpaired) electrons. The van der Waals surface area contributed by atoms with Crippen LogP contribution in [0.2, 0.25) is 0 Å². The monoisotopic (exact) mass is 388 g/mol.